The molecule has 132 valence electrons. The third-order valence-corrected chi connectivity index (χ3v) is 4.58. The topological polar surface area (TPSA) is 100 Å². The fourth-order valence-electron chi connectivity index (χ4n) is 3.18. The van der Waals surface area contributed by atoms with Crippen molar-refractivity contribution in [3.63, 3.8) is 0 Å². The maximum atomic E-state index is 13.0. The van der Waals surface area contributed by atoms with Gasteiger partial charge in [-0.05, 0) is 24.6 Å². The molecule has 0 spiro atoms. The van der Waals surface area contributed by atoms with Gasteiger partial charge in [-0.15, -0.1) is 0 Å². The number of ether oxygens (including phenoxy) is 1. The molecule has 6 nitrogen and oxygen atoms in total. The number of hydrogen-bond acceptors (Lipinski definition) is 6. The highest BCUT2D eigenvalue weighted by atomic mass is 16.5. The van der Waals surface area contributed by atoms with Crippen LogP contribution in [0.1, 0.15) is 12.5 Å². The Bertz CT molecular complexity index is 1130. The van der Waals surface area contributed by atoms with Gasteiger partial charge in [0.05, 0.1) is 5.56 Å². The second-order valence-corrected chi connectivity index (χ2v) is 6.41. The summed E-state index contributed by atoms with van der Waals surface area (Å²) in [5.74, 6) is -0.107. The number of phenolic OH excluding ortho intramolecular Hbond substituents is 3. The molecule has 0 fully saturated rings. The number of hydrogen-bond donors (Lipinski definition) is 3. The zero-order chi connectivity index (χ0) is 18.6. The van der Waals surface area contributed by atoms with Crippen molar-refractivity contribution in [2.24, 2.45) is 0 Å². The Morgan fingerprint density at radius 3 is 2.65 bits per heavy atom. The number of rotatable bonds is 2. The highest BCUT2D eigenvalue weighted by molar-refractivity contribution is 5.90. The highest BCUT2D eigenvalue weighted by Gasteiger charge is 2.29. The number of benzene rings is 2. The van der Waals surface area contributed by atoms with E-state index in [1.54, 1.807) is 6.07 Å². The van der Waals surface area contributed by atoms with E-state index >= 15 is 0 Å². The van der Waals surface area contributed by atoms with Gasteiger partial charge in [0.1, 0.15) is 46.3 Å². The molecule has 2 aromatic carbocycles. The molecular weight excluding hydrogens is 336 g/mol. The van der Waals surface area contributed by atoms with Crippen LogP contribution in [0.4, 0.5) is 0 Å². The lowest BCUT2D eigenvalue weighted by molar-refractivity contribution is 0.271. The van der Waals surface area contributed by atoms with Crippen molar-refractivity contribution in [3.05, 3.63) is 58.5 Å². The molecule has 1 aromatic heterocycles. The van der Waals surface area contributed by atoms with Crippen LogP contribution < -0.4 is 10.2 Å². The molecule has 6 heteroatoms. The summed E-state index contributed by atoms with van der Waals surface area (Å²) in [5.41, 5.74) is 1.35. The molecule has 0 saturated heterocycles. The van der Waals surface area contributed by atoms with Crippen molar-refractivity contribution in [2.45, 2.75) is 19.4 Å². The summed E-state index contributed by atoms with van der Waals surface area (Å²) in [7, 11) is 0. The minimum absolute atomic E-state index is 0.0275. The summed E-state index contributed by atoms with van der Waals surface area (Å²) < 4.78 is 11.3. The van der Waals surface area contributed by atoms with Gasteiger partial charge in [-0.3, -0.25) is 4.79 Å². The minimum Gasteiger partial charge on any atom is -0.508 e. The molecule has 1 aliphatic heterocycles. The molecular formula is C20H16O6. The van der Waals surface area contributed by atoms with Crippen LogP contribution in [0.25, 0.3) is 22.1 Å². The lowest BCUT2D eigenvalue weighted by Crippen LogP contribution is -2.13. The molecule has 3 N–H and O–H groups in total. The lowest BCUT2D eigenvalue weighted by Gasteiger charge is -2.09. The van der Waals surface area contributed by atoms with Gasteiger partial charge in [0.2, 0.25) is 5.43 Å². The van der Waals surface area contributed by atoms with Crippen molar-refractivity contribution in [2.75, 3.05) is 0 Å². The fourth-order valence-corrected chi connectivity index (χ4v) is 3.18. The van der Waals surface area contributed by atoms with Crippen LogP contribution in [0.3, 0.4) is 0 Å². The molecule has 0 bridgehead atoms. The molecule has 4 rings (SSSR count). The van der Waals surface area contributed by atoms with E-state index < -0.39 is 5.43 Å². The summed E-state index contributed by atoms with van der Waals surface area (Å²) in [5, 5.41) is 30.1. The second kappa shape index (κ2) is 5.56. The maximum absolute atomic E-state index is 13.0. The fraction of sp³-hybridized carbons (Fsp3) is 0.150. The van der Waals surface area contributed by atoms with Crippen molar-refractivity contribution in [1.82, 2.24) is 0 Å². The SMILES string of the molecule is C=C(C)[C@@H]1Cc2c(cc3occ(-c4ccc(O)cc4O)c(=O)c3c2O)O1. The van der Waals surface area contributed by atoms with Crippen molar-refractivity contribution in [3.8, 4) is 34.1 Å². The second-order valence-electron chi connectivity index (χ2n) is 6.41. The maximum Gasteiger partial charge on any atom is 0.204 e. The van der Waals surface area contributed by atoms with E-state index in [9.17, 15) is 20.1 Å². The Kier molecular flexibility index (Phi) is 3.44. The Hall–Kier alpha value is -3.41. The number of fused-ring (bicyclic) bond motifs is 2. The minimum atomic E-state index is -0.480. The quantitative estimate of drug-likeness (QED) is 0.611. The third kappa shape index (κ3) is 2.30. The van der Waals surface area contributed by atoms with Gasteiger partial charge < -0.3 is 24.5 Å². The van der Waals surface area contributed by atoms with Crippen LogP contribution in [0.5, 0.6) is 23.0 Å². The van der Waals surface area contributed by atoms with Gasteiger partial charge in [-0.25, -0.2) is 0 Å². The molecule has 0 saturated carbocycles. The first-order valence-corrected chi connectivity index (χ1v) is 8.01. The Labute approximate surface area is 148 Å². The van der Waals surface area contributed by atoms with Gasteiger partial charge in [0, 0.05) is 29.7 Å². The average molecular weight is 352 g/mol. The smallest absolute Gasteiger partial charge is 0.204 e. The van der Waals surface area contributed by atoms with Gasteiger partial charge in [-0.1, -0.05) is 6.58 Å². The van der Waals surface area contributed by atoms with Crippen molar-refractivity contribution >= 4 is 11.0 Å². The van der Waals surface area contributed by atoms with Gasteiger partial charge in [0.15, 0.2) is 0 Å². The predicted octanol–water partition coefficient (Wildman–Crippen LogP) is 3.46. The monoisotopic (exact) mass is 352 g/mol. The van der Waals surface area contributed by atoms with Crippen LogP contribution in [0, 0.1) is 0 Å². The first-order chi connectivity index (χ1) is 12.4. The molecule has 0 unspecified atom stereocenters. The molecule has 1 aliphatic rings. The molecule has 26 heavy (non-hydrogen) atoms. The highest BCUT2D eigenvalue weighted by Crippen LogP contribution is 2.42. The first kappa shape index (κ1) is 16.1. The number of phenols is 3. The van der Waals surface area contributed by atoms with Gasteiger partial charge >= 0.3 is 0 Å². The molecule has 2 heterocycles. The van der Waals surface area contributed by atoms with Crippen LogP contribution in [0.2, 0.25) is 0 Å². The first-order valence-electron chi connectivity index (χ1n) is 8.01. The van der Waals surface area contributed by atoms with Crippen LogP contribution in [0.15, 0.2) is 51.9 Å². The zero-order valence-corrected chi connectivity index (χ0v) is 13.9. The molecule has 3 aromatic rings. The van der Waals surface area contributed by atoms with Crippen molar-refractivity contribution in [1.29, 1.82) is 0 Å². The standard InChI is InChI=1S/C20H16O6/c1-9(2)15-6-12-16(26-15)7-17-18(19(12)23)20(24)13(8-25-17)11-4-3-10(21)5-14(11)22/h3-5,7-8,15,21-23H,1,6H2,2H3/t15-/m0/s1. The van der Waals surface area contributed by atoms with Gasteiger partial charge in [0.25, 0.3) is 0 Å². The molecule has 0 amide bonds. The summed E-state index contributed by atoms with van der Waals surface area (Å²) in [6, 6.07) is 5.47. The van der Waals surface area contributed by atoms with E-state index in [0.29, 0.717) is 17.7 Å². The summed E-state index contributed by atoms with van der Waals surface area (Å²) in [6.45, 7) is 5.70. The Balaban J connectivity index is 1.95. The van der Waals surface area contributed by atoms with E-state index in [1.807, 2.05) is 6.92 Å². The third-order valence-electron chi connectivity index (χ3n) is 4.58. The average Bonchev–Trinajstić information content (AvgIpc) is 3.01. The van der Waals surface area contributed by atoms with E-state index in [1.165, 1.54) is 18.4 Å². The molecule has 0 radical (unpaired) electrons. The van der Waals surface area contributed by atoms with E-state index in [-0.39, 0.29) is 45.4 Å². The predicted molar refractivity (Wildman–Crippen MR) is 95.8 cm³/mol. The van der Waals surface area contributed by atoms with Crippen LogP contribution in [-0.4, -0.2) is 21.4 Å². The summed E-state index contributed by atoms with van der Waals surface area (Å²) in [4.78, 5) is 13.0. The van der Waals surface area contributed by atoms with Crippen LogP contribution in [-0.2, 0) is 6.42 Å². The lowest BCUT2D eigenvalue weighted by atomic mass is 10.00. The Morgan fingerprint density at radius 2 is 1.96 bits per heavy atom. The summed E-state index contributed by atoms with van der Waals surface area (Å²) in [6.07, 6.45) is 1.37. The summed E-state index contributed by atoms with van der Waals surface area (Å²) >= 11 is 0. The van der Waals surface area contributed by atoms with Gasteiger partial charge in [-0.2, -0.15) is 0 Å². The van der Waals surface area contributed by atoms with E-state index in [0.717, 1.165) is 11.6 Å². The van der Waals surface area contributed by atoms with E-state index in [2.05, 4.69) is 6.58 Å². The van der Waals surface area contributed by atoms with E-state index in [4.69, 9.17) is 9.15 Å². The normalized spacial score (nSPS) is 15.7. The largest absolute Gasteiger partial charge is 0.508 e. The number of aromatic hydroxyl groups is 3. The van der Waals surface area contributed by atoms with Crippen molar-refractivity contribution < 1.29 is 24.5 Å². The Morgan fingerprint density at radius 1 is 1.19 bits per heavy atom. The molecule has 0 aliphatic carbocycles. The zero-order valence-electron chi connectivity index (χ0n) is 13.9. The van der Waals surface area contributed by atoms with Crippen LogP contribution >= 0.6 is 0 Å². The molecule has 1 atom stereocenters.